The summed E-state index contributed by atoms with van der Waals surface area (Å²) < 4.78 is 0. The van der Waals surface area contributed by atoms with Crippen LogP contribution in [0.3, 0.4) is 0 Å². The van der Waals surface area contributed by atoms with Crippen LogP contribution in [-0.2, 0) is 4.79 Å². The normalized spacial score (nSPS) is 14.1. The third-order valence-electron chi connectivity index (χ3n) is 7.39. The SMILES string of the molecule is Cc1cc(C)c2ccc(/C=C3\C(=O)N(C(c4ccccc4)c4ccccc4)c4ccccc43)c-2c(C)c1. The Morgan fingerprint density at radius 2 is 1.24 bits per heavy atom. The zero-order chi connectivity index (χ0) is 25.5. The molecule has 180 valence electrons. The van der Waals surface area contributed by atoms with E-state index in [0.717, 1.165) is 33.5 Å². The van der Waals surface area contributed by atoms with Gasteiger partial charge >= 0.3 is 0 Å². The van der Waals surface area contributed by atoms with E-state index in [1.165, 1.54) is 27.8 Å². The van der Waals surface area contributed by atoms with Crippen LogP contribution in [-0.4, -0.2) is 5.91 Å². The molecule has 37 heavy (non-hydrogen) atoms. The van der Waals surface area contributed by atoms with Crippen LogP contribution in [0.1, 0.15) is 45.0 Å². The van der Waals surface area contributed by atoms with Gasteiger partial charge in [0.25, 0.3) is 5.91 Å². The van der Waals surface area contributed by atoms with Crippen molar-refractivity contribution >= 4 is 23.2 Å². The average Bonchev–Trinajstić information content (AvgIpc) is 3.42. The van der Waals surface area contributed by atoms with Crippen LogP contribution in [0.15, 0.2) is 109 Å². The fourth-order valence-electron chi connectivity index (χ4n) is 5.84. The largest absolute Gasteiger partial charge is 0.296 e. The predicted octanol–water partition coefficient (Wildman–Crippen LogP) is 8.39. The van der Waals surface area contributed by atoms with Gasteiger partial charge in [-0.05, 0) is 71.9 Å². The molecule has 3 aliphatic rings. The monoisotopic (exact) mass is 479 g/mol. The second kappa shape index (κ2) is 9.22. The molecule has 1 aliphatic heterocycles. The minimum absolute atomic E-state index is 0.0270. The summed E-state index contributed by atoms with van der Waals surface area (Å²) in [4.78, 5) is 16.3. The fourth-order valence-corrected chi connectivity index (χ4v) is 5.84. The van der Waals surface area contributed by atoms with Crippen LogP contribution in [0.5, 0.6) is 0 Å². The molecule has 2 aliphatic carbocycles. The smallest absolute Gasteiger partial charge is 0.259 e. The van der Waals surface area contributed by atoms with Crippen LogP contribution in [0.4, 0.5) is 5.69 Å². The molecule has 0 N–H and O–H groups in total. The third kappa shape index (κ3) is 3.95. The van der Waals surface area contributed by atoms with Crippen molar-refractivity contribution in [3.05, 3.63) is 148 Å². The van der Waals surface area contributed by atoms with Crippen molar-refractivity contribution in [1.29, 1.82) is 0 Å². The molecule has 3 aromatic carbocycles. The molecule has 0 radical (unpaired) electrons. The number of fused-ring (bicyclic) bond motifs is 2. The van der Waals surface area contributed by atoms with Crippen LogP contribution >= 0.6 is 0 Å². The second-order valence-electron chi connectivity index (χ2n) is 9.95. The van der Waals surface area contributed by atoms with Gasteiger partial charge in [0.15, 0.2) is 0 Å². The molecule has 0 bridgehead atoms. The summed E-state index contributed by atoms with van der Waals surface area (Å²) in [7, 11) is 0. The Labute approximate surface area is 218 Å². The Balaban J connectivity index is 1.54. The topological polar surface area (TPSA) is 20.3 Å². The van der Waals surface area contributed by atoms with Gasteiger partial charge in [0.1, 0.15) is 0 Å². The number of hydrogen-bond donors (Lipinski definition) is 0. The van der Waals surface area contributed by atoms with E-state index in [1.807, 2.05) is 53.4 Å². The maximum Gasteiger partial charge on any atom is 0.259 e. The molecule has 2 nitrogen and oxygen atoms in total. The first-order valence-electron chi connectivity index (χ1n) is 12.8. The number of carbonyl (C=O) groups is 1. The Morgan fingerprint density at radius 3 is 1.92 bits per heavy atom. The van der Waals surface area contributed by atoms with Crippen LogP contribution in [0.2, 0.25) is 0 Å². The maximum absolute atomic E-state index is 14.3. The van der Waals surface area contributed by atoms with Crippen molar-refractivity contribution < 1.29 is 4.79 Å². The Morgan fingerprint density at radius 1 is 0.649 bits per heavy atom. The molecule has 2 heteroatoms. The molecule has 0 spiro atoms. The molecule has 0 saturated carbocycles. The number of carbonyl (C=O) groups excluding carboxylic acids is 1. The van der Waals surface area contributed by atoms with Gasteiger partial charge in [0, 0.05) is 11.1 Å². The number of benzene rings is 3. The lowest BCUT2D eigenvalue weighted by Gasteiger charge is -2.29. The summed E-state index contributed by atoms with van der Waals surface area (Å²) in [6, 6.07) is 37.4. The summed E-state index contributed by atoms with van der Waals surface area (Å²) >= 11 is 0. The second-order valence-corrected chi connectivity index (χ2v) is 9.95. The van der Waals surface area contributed by atoms with E-state index < -0.39 is 0 Å². The summed E-state index contributed by atoms with van der Waals surface area (Å²) in [5, 5.41) is 0. The van der Waals surface area contributed by atoms with Crippen molar-refractivity contribution in [3.8, 4) is 11.1 Å². The molecule has 1 heterocycles. The summed E-state index contributed by atoms with van der Waals surface area (Å²) in [6.45, 7) is 6.46. The molecule has 0 aromatic heterocycles. The highest BCUT2D eigenvalue weighted by Crippen LogP contribution is 2.45. The van der Waals surface area contributed by atoms with Crippen molar-refractivity contribution in [3.63, 3.8) is 0 Å². The standard InChI is InChI=1S/C35H29NO/c1-23-20-24(2)29-19-18-28(33(29)25(3)21-23)22-31-30-16-10-11-17-32(30)36(35(31)37)34(26-12-6-4-7-13-26)27-14-8-5-9-15-27/h4-22,34H,1-3H3/b31-22-. The van der Waals surface area contributed by atoms with Crippen molar-refractivity contribution in [2.24, 2.45) is 0 Å². The van der Waals surface area contributed by atoms with Gasteiger partial charge in [0.2, 0.25) is 0 Å². The number of hydrogen-bond acceptors (Lipinski definition) is 1. The van der Waals surface area contributed by atoms with Crippen LogP contribution in [0.25, 0.3) is 22.8 Å². The van der Waals surface area contributed by atoms with Gasteiger partial charge in [-0.3, -0.25) is 9.69 Å². The predicted molar refractivity (Wildman–Crippen MR) is 154 cm³/mol. The van der Waals surface area contributed by atoms with Crippen molar-refractivity contribution in [1.82, 2.24) is 0 Å². The molecule has 1 amide bonds. The van der Waals surface area contributed by atoms with Crippen molar-refractivity contribution in [2.45, 2.75) is 26.8 Å². The number of para-hydroxylation sites is 1. The molecule has 0 unspecified atom stereocenters. The Bertz CT molecular complexity index is 1580. The van der Waals surface area contributed by atoms with Crippen LogP contribution < -0.4 is 4.90 Å². The first-order chi connectivity index (χ1) is 18.0. The molecular weight excluding hydrogens is 450 g/mol. The van der Waals surface area contributed by atoms with E-state index in [0.29, 0.717) is 0 Å². The first-order valence-corrected chi connectivity index (χ1v) is 12.8. The quantitative estimate of drug-likeness (QED) is 0.237. The summed E-state index contributed by atoms with van der Waals surface area (Å²) in [5.74, 6) is 0.0270. The molecule has 3 aromatic rings. The lowest BCUT2D eigenvalue weighted by molar-refractivity contribution is -0.113. The number of amides is 1. The van der Waals surface area contributed by atoms with Gasteiger partial charge in [0.05, 0.1) is 11.7 Å². The van der Waals surface area contributed by atoms with Crippen LogP contribution in [0, 0.1) is 20.8 Å². The number of rotatable bonds is 4. The molecule has 0 fully saturated rings. The molecule has 6 rings (SSSR count). The van der Waals surface area contributed by atoms with Crippen molar-refractivity contribution in [2.75, 3.05) is 4.90 Å². The number of anilines is 1. The lowest BCUT2D eigenvalue weighted by atomic mass is 9.97. The number of aryl methyl sites for hydroxylation is 3. The first kappa shape index (κ1) is 23.0. The van der Waals surface area contributed by atoms with Gasteiger partial charge in [-0.1, -0.05) is 109 Å². The summed E-state index contributed by atoms with van der Waals surface area (Å²) in [6.07, 6.45) is 2.10. The Kier molecular flexibility index (Phi) is 5.73. The van der Waals surface area contributed by atoms with Gasteiger partial charge in [-0.15, -0.1) is 0 Å². The highest BCUT2D eigenvalue weighted by molar-refractivity contribution is 6.36. The average molecular weight is 480 g/mol. The van der Waals surface area contributed by atoms with E-state index >= 15 is 0 Å². The molecular formula is C35H29NO. The minimum atomic E-state index is -0.220. The minimum Gasteiger partial charge on any atom is -0.296 e. The van der Waals surface area contributed by atoms with E-state index in [1.54, 1.807) is 0 Å². The third-order valence-corrected chi connectivity index (χ3v) is 7.39. The number of nitrogens with zero attached hydrogens (tertiary/aromatic N) is 1. The van der Waals surface area contributed by atoms with E-state index in [4.69, 9.17) is 0 Å². The maximum atomic E-state index is 14.3. The highest BCUT2D eigenvalue weighted by Gasteiger charge is 2.38. The fraction of sp³-hybridized carbons (Fsp3) is 0.114. The van der Waals surface area contributed by atoms with Gasteiger partial charge < -0.3 is 0 Å². The van der Waals surface area contributed by atoms with Gasteiger partial charge in [-0.25, -0.2) is 0 Å². The molecule has 0 saturated heterocycles. The zero-order valence-electron chi connectivity index (χ0n) is 21.4. The Hall–Kier alpha value is -4.43. The van der Waals surface area contributed by atoms with E-state index in [2.05, 4.69) is 87.5 Å². The molecule has 0 atom stereocenters. The van der Waals surface area contributed by atoms with E-state index in [-0.39, 0.29) is 11.9 Å². The zero-order valence-corrected chi connectivity index (χ0v) is 21.4. The lowest BCUT2D eigenvalue weighted by Crippen LogP contribution is -2.32. The van der Waals surface area contributed by atoms with E-state index in [9.17, 15) is 4.79 Å². The highest BCUT2D eigenvalue weighted by atomic mass is 16.2. The summed E-state index contributed by atoms with van der Waals surface area (Å²) in [5.41, 5.74) is 12.1. The van der Waals surface area contributed by atoms with Gasteiger partial charge in [-0.2, -0.15) is 0 Å².